The Hall–Kier alpha value is -1.13. The van der Waals surface area contributed by atoms with Gasteiger partial charge in [0.25, 0.3) is 0 Å². The maximum atomic E-state index is 6.06. The molecule has 1 aromatic heterocycles. The second-order valence-corrected chi connectivity index (χ2v) is 6.41. The number of rotatable bonds is 4. The lowest BCUT2D eigenvalue weighted by molar-refractivity contribution is 0.0235. The SMILES string of the molecule is CNCc1cc(OC2CCOCC2)nc(C(C)(C)C)c1. The van der Waals surface area contributed by atoms with Gasteiger partial charge in [-0.2, -0.15) is 0 Å². The highest BCUT2D eigenvalue weighted by Crippen LogP contribution is 2.25. The summed E-state index contributed by atoms with van der Waals surface area (Å²) < 4.78 is 11.4. The molecule has 20 heavy (non-hydrogen) atoms. The molecular formula is C16H26N2O2. The molecule has 2 rings (SSSR count). The van der Waals surface area contributed by atoms with E-state index in [1.807, 2.05) is 13.1 Å². The molecule has 0 saturated carbocycles. The zero-order chi connectivity index (χ0) is 14.6. The maximum Gasteiger partial charge on any atom is 0.214 e. The molecule has 0 spiro atoms. The topological polar surface area (TPSA) is 43.4 Å². The van der Waals surface area contributed by atoms with E-state index in [0.717, 1.165) is 44.2 Å². The Morgan fingerprint density at radius 3 is 2.60 bits per heavy atom. The first-order valence-corrected chi connectivity index (χ1v) is 7.39. The third-order valence-corrected chi connectivity index (χ3v) is 3.47. The van der Waals surface area contributed by atoms with Gasteiger partial charge >= 0.3 is 0 Å². The molecule has 0 aliphatic carbocycles. The minimum atomic E-state index is 0.0253. The van der Waals surface area contributed by atoms with Crippen LogP contribution in [0.4, 0.5) is 0 Å². The van der Waals surface area contributed by atoms with Crippen molar-refractivity contribution >= 4 is 0 Å². The van der Waals surface area contributed by atoms with Crippen molar-refractivity contribution in [2.24, 2.45) is 0 Å². The van der Waals surface area contributed by atoms with Gasteiger partial charge in [-0.05, 0) is 18.7 Å². The first-order chi connectivity index (χ1) is 9.49. The lowest BCUT2D eigenvalue weighted by Crippen LogP contribution is -2.27. The predicted octanol–water partition coefficient (Wildman–Crippen LogP) is 2.66. The molecule has 4 nitrogen and oxygen atoms in total. The van der Waals surface area contributed by atoms with Gasteiger partial charge in [-0.15, -0.1) is 0 Å². The second kappa shape index (κ2) is 6.55. The van der Waals surface area contributed by atoms with Crippen LogP contribution >= 0.6 is 0 Å². The van der Waals surface area contributed by atoms with E-state index < -0.39 is 0 Å². The number of pyridine rings is 1. The van der Waals surface area contributed by atoms with Gasteiger partial charge in [0.1, 0.15) is 6.10 Å². The molecule has 0 radical (unpaired) electrons. The third kappa shape index (κ3) is 4.18. The Morgan fingerprint density at radius 1 is 1.30 bits per heavy atom. The van der Waals surface area contributed by atoms with E-state index in [0.29, 0.717) is 0 Å². The molecule has 1 aliphatic heterocycles. The Kier molecular flexibility index (Phi) is 5.00. The highest BCUT2D eigenvalue weighted by molar-refractivity contribution is 5.28. The van der Waals surface area contributed by atoms with Gasteiger partial charge in [0.05, 0.1) is 18.9 Å². The number of aromatic nitrogens is 1. The Bertz CT molecular complexity index is 435. The molecule has 0 amide bonds. The van der Waals surface area contributed by atoms with E-state index in [-0.39, 0.29) is 11.5 Å². The average Bonchev–Trinajstić information content (AvgIpc) is 2.39. The molecule has 4 heteroatoms. The lowest BCUT2D eigenvalue weighted by atomic mass is 9.91. The number of hydrogen-bond acceptors (Lipinski definition) is 4. The second-order valence-electron chi connectivity index (χ2n) is 6.41. The molecule has 1 fully saturated rings. The highest BCUT2D eigenvalue weighted by atomic mass is 16.5. The summed E-state index contributed by atoms with van der Waals surface area (Å²) in [5.41, 5.74) is 2.32. The summed E-state index contributed by atoms with van der Waals surface area (Å²) in [4.78, 5) is 4.69. The van der Waals surface area contributed by atoms with Crippen molar-refractivity contribution in [2.45, 2.75) is 51.7 Å². The van der Waals surface area contributed by atoms with Crippen molar-refractivity contribution in [1.82, 2.24) is 10.3 Å². The van der Waals surface area contributed by atoms with Crippen LogP contribution < -0.4 is 10.1 Å². The third-order valence-electron chi connectivity index (χ3n) is 3.47. The van der Waals surface area contributed by atoms with Crippen LogP contribution in [-0.2, 0) is 16.7 Å². The van der Waals surface area contributed by atoms with Crippen LogP contribution in [-0.4, -0.2) is 31.3 Å². The van der Waals surface area contributed by atoms with Crippen molar-refractivity contribution in [3.05, 3.63) is 23.4 Å². The molecule has 1 aromatic rings. The Labute approximate surface area is 121 Å². The van der Waals surface area contributed by atoms with Gasteiger partial charge in [0, 0.05) is 30.9 Å². The summed E-state index contributed by atoms with van der Waals surface area (Å²) in [6, 6.07) is 4.20. The monoisotopic (exact) mass is 278 g/mol. The van der Waals surface area contributed by atoms with Crippen LogP contribution in [0.25, 0.3) is 0 Å². The molecule has 0 unspecified atom stereocenters. The number of nitrogens with zero attached hydrogens (tertiary/aromatic N) is 1. The normalized spacial score (nSPS) is 17.2. The highest BCUT2D eigenvalue weighted by Gasteiger charge is 2.20. The smallest absolute Gasteiger partial charge is 0.214 e. The van der Waals surface area contributed by atoms with Crippen molar-refractivity contribution < 1.29 is 9.47 Å². The fraction of sp³-hybridized carbons (Fsp3) is 0.688. The number of ether oxygens (including phenoxy) is 2. The molecule has 0 bridgehead atoms. The lowest BCUT2D eigenvalue weighted by Gasteiger charge is -2.25. The van der Waals surface area contributed by atoms with E-state index in [9.17, 15) is 0 Å². The van der Waals surface area contributed by atoms with Crippen LogP contribution in [0.5, 0.6) is 5.88 Å². The quantitative estimate of drug-likeness (QED) is 0.919. The van der Waals surface area contributed by atoms with Crippen LogP contribution in [0.3, 0.4) is 0 Å². The fourth-order valence-electron chi connectivity index (χ4n) is 2.27. The summed E-state index contributed by atoms with van der Waals surface area (Å²) in [5.74, 6) is 0.745. The summed E-state index contributed by atoms with van der Waals surface area (Å²) in [5, 5.41) is 3.19. The van der Waals surface area contributed by atoms with Gasteiger partial charge < -0.3 is 14.8 Å². The molecule has 0 atom stereocenters. The molecule has 2 heterocycles. The van der Waals surface area contributed by atoms with Gasteiger partial charge in [-0.3, -0.25) is 0 Å². The van der Waals surface area contributed by atoms with Crippen molar-refractivity contribution in [3.63, 3.8) is 0 Å². The van der Waals surface area contributed by atoms with E-state index in [1.54, 1.807) is 0 Å². The molecule has 0 aromatic carbocycles. The maximum absolute atomic E-state index is 6.06. The van der Waals surface area contributed by atoms with E-state index in [4.69, 9.17) is 14.5 Å². The standard InChI is InChI=1S/C16H26N2O2/c1-16(2,3)14-9-12(11-17-4)10-15(18-14)20-13-5-7-19-8-6-13/h9-10,13,17H,5-8,11H2,1-4H3. The van der Waals surface area contributed by atoms with Gasteiger partial charge in [-0.1, -0.05) is 20.8 Å². The first kappa shape index (κ1) is 15.3. The van der Waals surface area contributed by atoms with Crippen molar-refractivity contribution in [2.75, 3.05) is 20.3 Å². The van der Waals surface area contributed by atoms with E-state index >= 15 is 0 Å². The predicted molar refractivity (Wildman–Crippen MR) is 80.2 cm³/mol. The Balaban J connectivity index is 2.19. The Morgan fingerprint density at radius 2 is 2.00 bits per heavy atom. The molecule has 1 saturated heterocycles. The van der Waals surface area contributed by atoms with Crippen LogP contribution in [0.15, 0.2) is 12.1 Å². The van der Waals surface area contributed by atoms with Gasteiger partial charge in [0.15, 0.2) is 0 Å². The van der Waals surface area contributed by atoms with E-state index in [2.05, 4.69) is 32.2 Å². The van der Waals surface area contributed by atoms with Crippen LogP contribution in [0.1, 0.15) is 44.9 Å². The summed E-state index contributed by atoms with van der Waals surface area (Å²) >= 11 is 0. The fourth-order valence-corrected chi connectivity index (χ4v) is 2.27. The van der Waals surface area contributed by atoms with Crippen molar-refractivity contribution in [3.8, 4) is 5.88 Å². The minimum absolute atomic E-state index is 0.0253. The first-order valence-electron chi connectivity index (χ1n) is 7.39. The summed E-state index contributed by atoms with van der Waals surface area (Å²) in [7, 11) is 1.95. The van der Waals surface area contributed by atoms with Crippen molar-refractivity contribution in [1.29, 1.82) is 0 Å². The van der Waals surface area contributed by atoms with Crippen LogP contribution in [0.2, 0.25) is 0 Å². The molecule has 112 valence electrons. The molecule has 1 N–H and O–H groups in total. The number of nitrogens with one attached hydrogen (secondary N) is 1. The molecule has 1 aliphatic rings. The van der Waals surface area contributed by atoms with E-state index in [1.165, 1.54) is 5.56 Å². The minimum Gasteiger partial charge on any atom is -0.474 e. The largest absolute Gasteiger partial charge is 0.474 e. The van der Waals surface area contributed by atoms with Gasteiger partial charge in [0.2, 0.25) is 5.88 Å². The zero-order valence-electron chi connectivity index (χ0n) is 13.0. The van der Waals surface area contributed by atoms with Crippen LogP contribution in [0, 0.1) is 0 Å². The summed E-state index contributed by atoms with van der Waals surface area (Å²) in [6.07, 6.45) is 2.12. The molecular weight excluding hydrogens is 252 g/mol. The number of hydrogen-bond donors (Lipinski definition) is 1. The zero-order valence-corrected chi connectivity index (χ0v) is 13.0. The summed E-state index contributed by atoms with van der Waals surface area (Å²) in [6.45, 7) is 8.93. The van der Waals surface area contributed by atoms with Gasteiger partial charge in [-0.25, -0.2) is 4.98 Å². The average molecular weight is 278 g/mol.